The summed E-state index contributed by atoms with van der Waals surface area (Å²) in [6.45, 7) is 3.02. The van der Waals surface area contributed by atoms with Crippen LogP contribution < -0.4 is 4.90 Å². The molecule has 92 valence electrons. The molecule has 2 rings (SSSR count). The molecule has 1 N–H and O–H groups in total. The number of anilines is 1. The van der Waals surface area contributed by atoms with E-state index in [2.05, 4.69) is 30.0 Å². The number of thioether (sulfide) groups is 1. The number of para-hydroxylation sites is 1. The Morgan fingerprint density at radius 1 is 1.53 bits per heavy atom. The second-order valence-electron chi connectivity index (χ2n) is 4.32. The Kier molecular flexibility index (Phi) is 3.94. The minimum absolute atomic E-state index is 0.249. The Balaban J connectivity index is 2.07. The van der Waals surface area contributed by atoms with E-state index in [1.807, 2.05) is 17.8 Å². The number of aliphatic carboxylic acids is 1. The zero-order valence-corrected chi connectivity index (χ0v) is 10.7. The molecule has 0 fully saturated rings. The molecule has 0 aromatic heterocycles. The van der Waals surface area contributed by atoms with E-state index in [0.717, 1.165) is 12.3 Å². The summed E-state index contributed by atoms with van der Waals surface area (Å²) in [6.07, 6.45) is 0.956. The fraction of sp³-hybridized carbons (Fsp3) is 0.462. The summed E-state index contributed by atoms with van der Waals surface area (Å²) in [5, 5.41) is 8.68. The van der Waals surface area contributed by atoms with E-state index in [1.54, 1.807) is 0 Å². The molecule has 0 saturated carbocycles. The van der Waals surface area contributed by atoms with Crippen molar-refractivity contribution in [3.8, 4) is 0 Å². The molecule has 4 heteroatoms. The monoisotopic (exact) mass is 251 g/mol. The number of hydrogen-bond donors (Lipinski definition) is 1. The minimum atomic E-state index is -0.711. The first-order valence-corrected chi connectivity index (χ1v) is 6.87. The molecule has 0 aliphatic carbocycles. The number of carboxylic acids is 1. The highest BCUT2D eigenvalue weighted by Gasteiger charge is 2.22. The molecule has 17 heavy (non-hydrogen) atoms. The summed E-state index contributed by atoms with van der Waals surface area (Å²) in [4.78, 5) is 14.2. The Bertz CT molecular complexity index is 408. The maximum Gasteiger partial charge on any atom is 0.303 e. The van der Waals surface area contributed by atoms with Gasteiger partial charge >= 0.3 is 5.97 Å². The maximum atomic E-state index is 10.5. The van der Waals surface area contributed by atoms with Crippen molar-refractivity contribution in [3.05, 3.63) is 24.3 Å². The maximum absolute atomic E-state index is 10.5. The first kappa shape index (κ1) is 12.3. The molecule has 1 aliphatic rings. The summed E-state index contributed by atoms with van der Waals surface area (Å²) >= 11 is 1.88. The Morgan fingerprint density at radius 3 is 3.06 bits per heavy atom. The molecular formula is C13H17NO2S. The third-order valence-corrected chi connectivity index (χ3v) is 4.28. The van der Waals surface area contributed by atoms with Crippen molar-refractivity contribution in [2.45, 2.75) is 30.7 Å². The number of rotatable bonds is 4. The van der Waals surface area contributed by atoms with E-state index in [-0.39, 0.29) is 6.42 Å². The fourth-order valence-corrected chi connectivity index (χ4v) is 3.20. The molecule has 0 amide bonds. The summed E-state index contributed by atoms with van der Waals surface area (Å²) in [5.41, 5.74) is 1.25. The van der Waals surface area contributed by atoms with E-state index in [0.29, 0.717) is 12.5 Å². The van der Waals surface area contributed by atoms with Gasteiger partial charge in [-0.05, 0) is 25.5 Å². The van der Waals surface area contributed by atoms with Crippen LogP contribution in [0, 0.1) is 0 Å². The molecule has 0 spiro atoms. The predicted molar refractivity (Wildman–Crippen MR) is 70.8 cm³/mol. The summed E-state index contributed by atoms with van der Waals surface area (Å²) < 4.78 is 0. The zero-order chi connectivity index (χ0) is 12.3. The van der Waals surface area contributed by atoms with Crippen LogP contribution in [-0.2, 0) is 4.79 Å². The lowest BCUT2D eigenvalue weighted by Gasteiger charge is -2.36. The lowest BCUT2D eigenvalue weighted by molar-refractivity contribution is -0.137. The number of fused-ring (bicyclic) bond motifs is 1. The molecule has 0 saturated heterocycles. The Morgan fingerprint density at radius 2 is 2.29 bits per heavy atom. The number of hydrogen-bond acceptors (Lipinski definition) is 3. The second kappa shape index (κ2) is 5.45. The second-order valence-corrected chi connectivity index (χ2v) is 5.38. The van der Waals surface area contributed by atoms with Crippen molar-refractivity contribution < 1.29 is 9.90 Å². The lowest BCUT2D eigenvalue weighted by Crippen LogP contribution is -2.38. The van der Waals surface area contributed by atoms with Gasteiger partial charge in [-0.1, -0.05) is 12.1 Å². The highest BCUT2D eigenvalue weighted by atomic mass is 32.2. The van der Waals surface area contributed by atoms with Crippen molar-refractivity contribution in [1.82, 2.24) is 0 Å². The Hall–Kier alpha value is -1.16. The molecule has 1 aliphatic heterocycles. The molecule has 1 heterocycles. The van der Waals surface area contributed by atoms with Crippen molar-refractivity contribution in [1.29, 1.82) is 0 Å². The van der Waals surface area contributed by atoms with Gasteiger partial charge in [0.15, 0.2) is 0 Å². The van der Waals surface area contributed by atoms with Gasteiger partial charge < -0.3 is 10.0 Å². The van der Waals surface area contributed by atoms with Gasteiger partial charge in [0.2, 0.25) is 0 Å². The summed E-state index contributed by atoms with van der Waals surface area (Å²) in [6, 6.07) is 8.83. The number of nitrogens with zero attached hydrogens (tertiary/aromatic N) is 1. The molecule has 1 aromatic rings. The summed E-state index contributed by atoms with van der Waals surface area (Å²) in [5.74, 6) is 0.363. The van der Waals surface area contributed by atoms with E-state index < -0.39 is 5.97 Å². The fourth-order valence-electron chi connectivity index (χ4n) is 2.10. The zero-order valence-electron chi connectivity index (χ0n) is 9.93. The van der Waals surface area contributed by atoms with Gasteiger partial charge in [0.1, 0.15) is 0 Å². The first-order valence-electron chi connectivity index (χ1n) is 5.89. The van der Waals surface area contributed by atoms with Gasteiger partial charge in [0.25, 0.3) is 0 Å². The van der Waals surface area contributed by atoms with Crippen molar-refractivity contribution in [2.75, 3.05) is 17.2 Å². The van der Waals surface area contributed by atoms with Crippen LogP contribution in [-0.4, -0.2) is 29.4 Å². The highest BCUT2D eigenvalue weighted by Crippen LogP contribution is 2.37. The average molecular weight is 251 g/mol. The van der Waals surface area contributed by atoms with Crippen LogP contribution in [0.25, 0.3) is 0 Å². The van der Waals surface area contributed by atoms with E-state index in [1.165, 1.54) is 10.6 Å². The van der Waals surface area contributed by atoms with Crippen molar-refractivity contribution in [2.24, 2.45) is 0 Å². The molecule has 1 atom stereocenters. The molecular weight excluding hydrogens is 234 g/mol. The number of carbonyl (C=O) groups is 1. The van der Waals surface area contributed by atoms with Crippen LogP contribution in [0.1, 0.15) is 19.8 Å². The third-order valence-electron chi connectivity index (χ3n) is 2.98. The molecule has 0 radical (unpaired) electrons. The van der Waals surface area contributed by atoms with Crippen molar-refractivity contribution >= 4 is 23.4 Å². The van der Waals surface area contributed by atoms with Gasteiger partial charge in [-0.3, -0.25) is 4.79 Å². The van der Waals surface area contributed by atoms with Crippen LogP contribution in [0.3, 0.4) is 0 Å². The minimum Gasteiger partial charge on any atom is -0.481 e. The van der Waals surface area contributed by atoms with Gasteiger partial charge in [-0.15, -0.1) is 11.8 Å². The van der Waals surface area contributed by atoms with Crippen LogP contribution >= 0.6 is 11.8 Å². The van der Waals surface area contributed by atoms with E-state index in [9.17, 15) is 4.79 Å². The molecule has 0 bridgehead atoms. The highest BCUT2D eigenvalue weighted by molar-refractivity contribution is 7.99. The standard InChI is InChI=1S/C13H17NO2S/c1-10-9-17-12-6-3-2-5-11(12)14(10)8-4-7-13(15)16/h2-3,5-6,10H,4,7-9H2,1H3,(H,15,16). The number of benzene rings is 1. The van der Waals surface area contributed by atoms with Crippen LogP contribution in [0.4, 0.5) is 5.69 Å². The smallest absolute Gasteiger partial charge is 0.303 e. The summed E-state index contributed by atoms with van der Waals surface area (Å²) in [7, 11) is 0. The van der Waals surface area contributed by atoms with Crippen LogP contribution in [0.15, 0.2) is 29.2 Å². The molecule has 1 unspecified atom stereocenters. The number of carboxylic acid groups (broad SMARTS) is 1. The SMILES string of the molecule is CC1CSc2ccccc2N1CCCC(=O)O. The van der Waals surface area contributed by atoms with Gasteiger partial charge in [0, 0.05) is 29.7 Å². The Labute approximate surface area is 106 Å². The first-order chi connectivity index (χ1) is 8.18. The van der Waals surface area contributed by atoms with E-state index >= 15 is 0 Å². The van der Waals surface area contributed by atoms with Crippen LogP contribution in [0.2, 0.25) is 0 Å². The van der Waals surface area contributed by atoms with Gasteiger partial charge in [-0.2, -0.15) is 0 Å². The van der Waals surface area contributed by atoms with Crippen LogP contribution in [0.5, 0.6) is 0 Å². The van der Waals surface area contributed by atoms with E-state index in [4.69, 9.17) is 5.11 Å². The largest absolute Gasteiger partial charge is 0.481 e. The predicted octanol–water partition coefficient (Wildman–Crippen LogP) is 2.85. The molecule has 1 aromatic carbocycles. The average Bonchev–Trinajstić information content (AvgIpc) is 2.32. The van der Waals surface area contributed by atoms with Crippen molar-refractivity contribution in [3.63, 3.8) is 0 Å². The lowest BCUT2D eigenvalue weighted by atomic mass is 10.2. The normalized spacial score (nSPS) is 18.9. The molecule has 3 nitrogen and oxygen atoms in total. The topological polar surface area (TPSA) is 40.5 Å². The quantitative estimate of drug-likeness (QED) is 0.893. The van der Waals surface area contributed by atoms with Gasteiger partial charge in [0.05, 0.1) is 5.69 Å². The van der Waals surface area contributed by atoms with Gasteiger partial charge in [-0.25, -0.2) is 0 Å². The third kappa shape index (κ3) is 2.94.